The Morgan fingerprint density at radius 2 is 1.56 bits per heavy atom. The van der Waals surface area contributed by atoms with Gasteiger partial charge < -0.3 is 13.9 Å². The van der Waals surface area contributed by atoms with Crippen LogP contribution in [0, 0.1) is 0 Å². The van der Waals surface area contributed by atoms with E-state index >= 15 is 0 Å². The summed E-state index contributed by atoms with van der Waals surface area (Å²) in [6.07, 6.45) is 0. The van der Waals surface area contributed by atoms with Gasteiger partial charge in [0, 0.05) is 6.61 Å². The van der Waals surface area contributed by atoms with Gasteiger partial charge in [-0.25, -0.2) is 0 Å². The molecule has 4 nitrogen and oxygen atoms in total. The van der Waals surface area contributed by atoms with E-state index in [2.05, 4.69) is 0 Å². The summed E-state index contributed by atoms with van der Waals surface area (Å²) in [7, 11) is -1.82. The number of rotatable bonds is 8. The smallest absolute Gasteiger partial charge is 0.285 e. The predicted molar refractivity (Wildman–Crippen MR) is 65.6 cm³/mol. The minimum atomic E-state index is -1.82. The van der Waals surface area contributed by atoms with Crippen LogP contribution >= 0.6 is 0 Å². The highest BCUT2D eigenvalue weighted by Crippen LogP contribution is 2.11. The van der Waals surface area contributed by atoms with Crippen LogP contribution in [0.25, 0.3) is 0 Å². The van der Waals surface area contributed by atoms with Crippen molar-refractivity contribution in [2.24, 2.45) is 0 Å². The van der Waals surface area contributed by atoms with Crippen molar-refractivity contribution in [2.75, 3.05) is 19.8 Å². The van der Waals surface area contributed by atoms with Crippen LogP contribution in [0.5, 0.6) is 0 Å². The Labute approximate surface area is 99.3 Å². The summed E-state index contributed by atoms with van der Waals surface area (Å²) in [5.41, 5.74) is 0.538. The monoisotopic (exact) mass is 246 g/mol. The van der Waals surface area contributed by atoms with E-state index in [0.717, 1.165) is 0 Å². The van der Waals surface area contributed by atoms with Crippen molar-refractivity contribution in [3.8, 4) is 0 Å². The molecule has 0 heterocycles. The molecule has 0 aromatic rings. The van der Waals surface area contributed by atoms with Crippen molar-refractivity contribution in [1.29, 1.82) is 0 Å². The molecule has 0 amide bonds. The normalized spacial score (nSPS) is 11.8. The Bertz CT molecular complexity index is 242. The average molecular weight is 246 g/mol. The fourth-order valence-electron chi connectivity index (χ4n) is 1.25. The van der Waals surface area contributed by atoms with Gasteiger partial charge in [0.05, 0.1) is 18.8 Å². The van der Waals surface area contributed by atoms with Crippen molar-refractivity contribution >= 4 is 14.4 Å². The highest BCUT2D eigenvalue weighted by Gasteiger charge is 2.21. The molecule has 16 heavy (non-hydrogen) atoms. The van der Waals surface area contributed by atoms with Crippen LogP contribution in [0.3, 0.4) is 0 Å². The minimum absolute atomic E-state index is 0.0405. The number of hydrogen-bond acceptors (Lipinski definition) is 4. The maximum absolute atomic E-state index is 11.9. The van der Waals surface area contributed by atoms with E-state index in [0.29, 0.717) is 31.3 Å². The number of ether oxygens (including phenoxy) is 2. The quantitative estimate of drug-likeness (QED) is 0.372. The van der Waals surface area contributed by atoms with Gasteiger partial charge in [0.1, 0.15) is 0 Å². The fourth-order valence-corrected chi connectivity index (χ4v) is 2.63. The van der Waals surface area contributed by atoms with E-state index in [1.54, 1.807) is 6.92 Å². The Hall–Kier alpha value is -0.813. The molecule has 94 valence electrons. The topological polar surface area (TPSA) is 44.8 Å². The molecule has 0 radical (unpaired) electrons. The van der Waals surface area contributed by atoms with Gasteiger partial charge in [-0.2, -0.15) is 0 Å². The van der Waals surface area contributed by atoms with E-state index < -0.39 is 9.04 Å². The van der Waals surface area contributed by atoms with Crippen molar-refractivity contribution in [3.05, 3.63) is 11.5 Å². The average Bonchev–Trinajstić information content (AvgIpc) is 2.27. The van der Waals surface area contributed by atoms with Gasteiger partial charge in [-0.3, -0.25) is 4.79 Å². The fraction of sp³-hybridized carbons (Fsp3) is 0.727. The number of allylic oxidation sites excluding steroid dienone is 1. The van der Waals surface area contributed by atoms with Crippen LogP contribution < -0.4 is 0 Å². The van der Waals surface area contributed by atoms with E-state index in [9.17, 15) is 4.79 Å². The second kappa shape index (κ2) is 8.35. The second-order valence-corrected chi connectivity index (χ2v) is 5.38. The lowest BCUT2D eigenvalue weighted by Gasteiger charge is -2.14. The molecule has 0 N–H and O–H groups in total. The first-order chi connectivity index (χ1) is 7.58. The van der Waals surface area contributed by atoms with Crippen LogP contribution in [0.4, 0.5) is 0 Å². The van der Waals surface area contributed by atoms with E-state index in [4.69, 9.17) is 13.9 Å². The third kappa shape index (κ3) is 4.81. The Balaban J connectivity index is 4.71. The molecule has 1 unspecified atom stereocenters. The zero-order chi connectivity index (χ0) is 12.6. The van der Waals surface area contributed by atoms with Gasteiger partial charge in [-0.15, -0.1) is 0 Å². The van der Waals surface area contributed by atoms with Gasteiger partial charge in [-0.1, -0.05) is 0 Å². The Morgan fingerprint density at radius 1 is 1.06 bits per heavy atom. The molecule has 0 aliphatic carbocycles. The highest BCUT2D eigenvalue weighted by atomic mass is 28.3. The third-order valence-electron chi connectivity index (χ3n) is 2.01. The van der Waals surface area contributed by atoms with Crippen molar-refractivity contribution in [2.45, 2.75) is 34.2 Å². The lowest BCUT2D eigenvalue weighted by molar-refractivity contribution is -0.110. The summed E-state index contributed by atoms with van der Waals surface area (Å²) in [6, 6.07) is 0. The summed E-state index contributed by atoms with van der Waals surface area (Å²) in [4.78, 5) is 11.9. The number of carbonyl (C=O) groups excluding carboxylic acids is 1. The molecule has 0 fully saturated rings. The van der Waals surface area contributed by atoms with E-state index in [1.807, 2.05) is 27.3 Å². The lowest BCUT2D eigenvalue weighted by atomic mass is 10.3. The van der Waals surface area contributed by atoms with Crippen molar-refractivity contribution in [1.82, 2.24) is 0 Å². The van der Waals surface area contributed by atoms with Gasteiger partial charge >= 0.3 is 0 Å². The van der Waals surface area contributed by atoms with E-state index in [1.165, 1.54) is 0 Å². The third-order valence-corrected chi connectivity index (χ3v) is 4.02. The second-order valence-electron chi connectivity index (χ2n) is 3.24. The van der Waals surface area contributed by atoms with Crippen LogP contribution in [-0.2, 0) is 18.7 Å². The first kappa shape index (κ1) is 15.2. The molecule has 0 aliphatic heterocycles. The van der Waals surface area contributed by atoms with Crippen LogP contribution in [0.1, 0.15) is 27.7 Å². The molecular weight excluding hydrogens is 224 g/mol. The Morgan fingerprint density at radius 3 is 1.94 bits per heavy atom. The molecule has 0 aromatic carbocycles. The van der Waals surface area contributed by atoms with Gasteiger partial charge in [0.25, 0.3) is 15.0 Å². The minimum Gasteiger partial charge on any atom is -0.465 e. The van der Waals surface area contributed by atoms with Gasteiger partial charge in [-0.05, 0) is 34.2 Å². The summed E-state index contributed by atoms with van der Waals surface area (Å²) in [5, 5.41) is 0.0405. The molecule has 0 aromatic heterocycles. The summed E-state index contributed by atoms with van der Waals surface area (Å²) in [6.45, 7) is 10.8. The summed E-state index contributed by atoms with van der Waals surface area (Å²) >= 11 is 0. The summed E-state index contributed by atoms with van der Waals surface area (Å²) < 4.78 is 16.0. The largest absolute Gasteiger partial charge is 0.465 e. The molecule has 0 spiro atoms. The zero-order valence-electron chi connectivity index (χ0n) is 10.8. The maximum Gasteiger partial charge on any atom is 0.285 e. The van der Waals surface area contributed by atoms with Crippen molar-refractivity contribution in [3.63, 3.8) is 0 Å². The predicted octanol–water partition coefficient (Wildman–Crippen LogP) is 1.79. The molecule has 0 rings (SSSR count). The molecular formula is C11H22O4Si. The molecule has 0 aliphatic rings. The molecule has 0 bridgehead atoms. The van der Waals surface area contributed by atoms with Crippen LogP contribution in [-0.4, -0.2) is 34.3 Å². The van der Waals surface area contributed by atoms with E-state index in [-0.39, 0.29) is 5.41 Å². The SMILES string of the molecule is CCOC(OCC)=C(C)C(=O)[SiH](C)OCC. The number of carbonyl (C=O) groups is 1. The first-order valence-electron chi connectivity index (χ1n) is 5.70. The maximum atomic E-state index is 11.9. The summed E-state index contributed by atoms with van der Waals surface area (Å²) in [5.74, 6) is 0.342. The molecule has 5 heteroatoms. The molecule has 0 saturated heterocycles. The highest BCUT2D eigenvalue weighted by molar-refractivity contribution is 6.87. The zero-order valence-corrected chi connectivity index (χ0v) is 12.0. The molecule has 1 atom stereocenters. The van der Waals surface area contributed by atoms with Gasteiger partial charge in [0.15, 0.2) is 5.41 Å². The molecule has 0 saturated carbocycles. The first-order valence-corrected chi connectivity index (χ1v) is 7.90. The van der Waals surface area contributed by atoms with Crippen LogP contribution in [0.2, 0.25) is 6.55 Å². The van der Waals surface area contributed by atoms with Crippen LogP contribution in [0.15, 0.2) is 11.5 Å². The lowest BCUT2D eigenvalue weighted by Crippen LogP contribution is -2.28. The Kier molecular flexibility index (Phi) is 7.93. The van der Waals surface area contributed by atoms with Gasteiger partial charge in [0.2, 0.25) is 0 Å². The standard InChI is InChI=1S/C11H22O4Si/c1-6-13-11(14-7-2)9(4)10(12)16(5)15-8-3/h16H,6-8H2,1-5H3. The number of hydrogen-bond donors (Lipinski definition) is 0. The van der Waals surface area contributed by atoms with Crippen molar-refractivity contribution < 1.29 is 18.7 Å².